The number of fused-ring (bicyclic) bond motifs is 1. The Bertz CT molecular complexity index is 873. The Kier molecular flexibility index (Phi) is 4.85. The van der Waals surface area contributed by atoms with Crippen molar-refractivity contribution in [1.82, 2.24) is 15.1 Å². The number of aliphatic hydroxyl groups is 1. The van der Waals surface area contributed by atoms with Crippen molar-refractivity contribution in [3.8, 4) is 0 Å². The van der Waals surface area contributed by atoms with Gasteiger partial charge in [0.15, 0.2) is 5.69 Å². The number of aryl methyl sites for hydroxylation is 1. The number of benzene rings is 1. The number of carbonyl (C=O) groups excluding carboxylic acids is 1. The Balaban J connectivity index is 1.36. The van der Waals surface area contributed by atoms with Crippen molar-refractivity contribution in [2.24, 2.45) is 17.8 Å². The normalized spacial score (nSPS) is 31.3. The van der Waals surface area contributed by atoms with Crippen molar-refractivity contribution in [3.63, 3.8) is 0 Å². The standard InChI is InChI=1S/C23H30FN3O2/c24-14-18(28)4-3-7-27-20-6-2-1-5-19(20)21(26-27)22(29)25-23-11-15-8-16(12-23)10-17(9-15)13-23/h1-2,5-6,15-18,28H,3-4,7-14H2,(H,25,29). The summed E-state index contributed by atoms with van der Waals surface area (Å²) in [5.41, 5.74) is 1.36. The van der Waals surface area contributed by atoms with Gasteiger partial charge in [0.05, 0.1) is 11.6 Å². The second kappa shape index (κ2) is 7.38. The summed E-state index contributed by atoms with van der Waals surface area (Å²) >= 11 is 0. The molecule has 6 rings (SSSR count). The highest BCUT2D eigenvalue weighted by Crippen LogP contribution is 2.55. The van der Waals surface area contributed by atoms with E-state index in [9.17, 15) is 14.3 Å². The van der Waals surface area contributed by atoms with Gasteiger partial charge >= 0.3 is 0 Å². The smallest absolute Gasteiger partial charge is 0.272 e. The zero-order valence-corrected chi connectivity index (χ0v) is 16.8. The summed E-state index contributed by atoms with van der Waals surface area (Å²) in [6.07, 6.45) is 7.47. The van der Waals surface area contributed by atoms with Gasteiger partial charge in [0.2, 0.25) is 0 Å². The first kappa shape index (κ1) is 19.0. The molecule has 0 saturated heterocycles. The number of aromatic nitrogens is 2. The maximum absolute atomic E-state index is 13.3. The second-order valence-electron chi connectivity index (χ2n) is 9.69. The SMILES string of the molecule is O=C(NC12CC3CC(CC(C3)C1)C2)c1nn(CCCC(O)CF)c2ccccc12. The summed E-state index contributed by atoms with van der Waals surface area (Å²) < 4.78 is 14.3. The van der Waals surface area contributed by atoms with E-state index in [4.69, 9.17) is 0 Å². The molecule has 1 aromatic heterocycles. The molecule has 4 aliphatic carbocycles. The van der Waals surface area contributed by atoms with Crippen LogP contribution in [0.1, 0.15) is 61.9 Å². The van der Waals surface area contributed by atoms with Crippen molar-refractivity contribution in [1.29, 1.82) is 0 Å². The quantitative estimate of drug-likeness (QED) is 0.743. The van der Waals surface area contributed by atoms with E-state index in [1.54, 1.807) is 0 Å². The van der Waals surface area contributed by atoms with Gasteiger partial charge in [-0.05, 0) is 75.2 Å². The molecule has 4 bridgehead atoms. The van der Waals surface area contributed by atoms with Crippen LogP contribution in [0.3, 0.4) is 0 Å². The van der Waals surface area contributed by atoms with Crippen LogP contribution in [0.25, 0.3) is 10.9 Å². The van der Waals surface area contributed by atoms with Gasteiger partial charge in [-0.15, -0.1) is 0 Å². The van der Waals surface area contributed by atoms with Crippen molar-refractivity contribution in [2.45, 2.75) is 69.6 Å². The van der Waals surface area contributed by atoms with Crippen LogP contribution in [0, 0.1) is 17.8 Å². The molecule has 1 unspecified atom stereocenters. The molecule has 5 nitrogen and oxygen atoms in total. The third-order valence-electron chi connectivity index (χ3n) is 7.38. The number of nitrogens with one attached hydrogen (secondary N) is 1. The molecule has 0 spiro atoms. The first-order valence-electron chi connectivity index (χ1n) is 11.1. The molecule has 1 atom stereocenters. The fraction of sp³-hybridized carbons (Fsp3) is 0.652. The van der Waals surface area contributed by atoms with E-state index >= 15 is 0 Å². The summed E-state index contributed by atoms with van der Waals surface area (Å²) in [5.74, 6) is 2.26. The van der Waals surface area contributed by atoms with Gasteiger partial charge in [-0.3, -0.25) is 9.48 Å². The van der Waals surface area contributed by atoms with E-state index in [1.165, 1.54) is 19.3 Å². The number of amides is 1. The topological polar surface area (TPSA) is 67.2 Å². The minimum absolute atomic E-state index is 0.0397. The minimum atomic E-state index is -0.921. The molecule has 29 heavy (non-hydrogen) atoms. The summed E-state index contributed by atoms with van der Waals surface area (Å²) in [6, 6.07) is 7.79. The predicted molar refractivity (Wildman–Crippen MR) is 109 cm³/mol. The van der Waals surface area contributed by atoms with Crippen LogP contribution in [0.2, 0.25) is 0 Å². The molecule has 4 fully saturated rings. The first-order valence-corrected chi connectivity index (χ1v) is 11.1. The Hall–Kier alpha value is -1.95. The maximum atomic E-state index is 13.3. The molecular weight excluding hydrogens is 369 g/mol. The summed E-state index contributed by atoms with van der Waals surface area (Å²) in [4.78, 5) is 13.3. The van der Waals surface area contributed by atoms with Crippen LogP contribution < -0.4 is 5.32 Å². The van der Waals surface area contributed by atoms with Gasteiger partial charge in [-0.1, -0.05) is 18.2 Å². The molecule has 2 aromatic rings. The molecule has 1 heterocycles. The van der Waals surface area contributed by atoms with Gasteiger partial charge < -0.3 is 10.4 Å². The van der Waals surface area contributed by atoms with Gasteiger partial charge in [0.25, 0.3) is 5.91 Å². The minimum Gasteiger partial charge on any atom is -0.390 e. The average molecular weight is 400 g/mol. The number of para-hydroxylation sites is 1. The number of aliphatic hydroxyl groups excluding tert-OH is 1. The van der Waals surface area contributed by atoms with Crippen LogP contribution in [0.4, 0.5) is 4.39 Å². The number of alkyl halides is 1. The molecule has 0 aliphatic heterocycles. The van der Waals surface area contributed by atoms with Crippen LogP contribution in [-0.2, 0) is 6.54 Å². The lowest BCUT2D eigenvalue weighted by molar-refractivity contribution is -0.0167. The molecule has 6 heteroatoms. The molecule has 0 radical (unpaired) electrons. The lowest BCUT2D eigenvalue weighted by Gasteiger charge is -2.56. The third kappa shape index (κ3) is 3.56. The lowest BCUT2D eigenvalue weighted by Crippen LogP contribution is -2.59. The zero-order valence-electron chi connectivity index (χ0n) is 16.8. The van der Waals surface area contributed by atoms with Crippen LogP contribution in [0.15, 0.2) is 24.3 Å². The van der Waals surface area contributed by atoms with Crippen molar-refractivity contribution in [3.05, 3.63) is 30.0 Å². The predicted octanol–water partition coefficient (Wildman–Crippen LogP) is 3.85. The highest BCUT2D eigenvalue weighted by atomic mass is 19.1. The number of hydrogen-bond acceptors (Lipinski definition) is 3. The van der Waals surface area contributed by atoms with Gasteiger partial charge in [-0.2, -0.15) is 5.10 Å². The second-order valence-corrected chi connectivity index (χ2v) is 9.69. The van der Waals surface area contributed by atoms with Crippen LogP contribution >= 0.6 is 0 Å². The molecule has 156 valence electrons. The zero-order chi connectivity index (χ0) is 20.0. The number of halogens is 1. The van der Waals surface area contributed by atoms with E-state index in [1.807, 2.05) is 28.9 Å². The van der Waals surface area contributed by atoms with Crippen molar-refractivity contribution >= 4 is 16.8 Å². The van der Waals surface area contributed by atoms with Crippen molar-refractivity contribution in [2.75, 3.05) is 6.67 Å². The van der Waals surface area contributed by atoms with E-state index in [2.05, 4.69) is 10.4 Å². The fourth-order valence-electron chi connectivity index (χ4n) is 6.58. The van der Waals surface area contributed by atoms with E-state index < -0.39 is 12.8 Å². The third-order valence-corrected chi connectivity index (χ3v) is 7.38. The van der Waals surface area contributed by atoms with E-state index in [-0.39, 0.29) is 11.4 Å². The van der Waals surface area contributed by atoms with Crippen LogP contribution in [-0.4, -0.2) is 39.1 Å². The Morgan fingerprint density at radius 1 is 1.21 bits per heavy atom. The molecule has 2 N–H and O–H groups in total. The van der Waals surface area contributed by atoms with Gasteiger partial charge in [-0.25, -0.2) is 4.39 Å². The highest BCUT2D eigenvalue weighted by molar-refractivity contribution is 6.05. The number of nitrogens with zero attached hydrogens (tertiary/aromatic N) is 2. The van der Waals surface area contributed by atoms with Crippen molar-refractivity contribution < 1.29 is 14.3 Å². The number of rotatable bonds is 7. The van der Waals surface area contributed by atoms with E-state index in [0.717, 1.165) is 47.9 Å². The maximum Gasteiger partial charge on any atom is 0.272 e. The molecule has 1 amide bonds. The largest absolute Gasteiger partial charge is 0.390 e. The number of carbonyl (C=O) groups is 1. The summed E-state index contributed by atoms with van der Waals surface area (Å²) in [7, 11) is 0. The van der Waals surface area contributed by atoms with Crippen LogP contribution in [0.5, 0.6) is 0 Å². The molecule has 4 saturated carbocycles. The van der Waals surface area contributed by atoms with E-state index in [0.29, 0.717) is 25.1 Å². The lowest BCUT2D eigenvalue weighted by atomic mass is 9.53. The number of hydrogen-bond donors (Lipinski definition) is 2. The molecule has 1 aromatic carbocycles. The van der Waals surface area contributed by atoms with Gasteiger partial charge in [0, 0.05) is 17.5 Å². The monoisotopic (exact) mass is 399 g/mol. The molecular formula is C23H30FN3O2. The first-order chi connectivity index (χ1) is 14.0. The molecule has 4 aliphatic rings. The fourth-order valence-corrected chi connectivity index (χ4v) is 6.58. The Labute approximate surface area is 170 Å². The summed E-state index contributed by atoms with van der Waals surface area (Å²) in [6.45, 7) is -0.166. The van der Waals surface area contributed by atoms with Gasteiger partial charge in [0.1, 0.15) is 6.67 Å². The Morgan fingerprint density at radius 3 is 2.52 bits per heavy atom. The summed E-state index contributed by atoms with van der Waals surface area (Å²) in [5, 5.41) is 18.4. The highest BCUT2D eigenvalue weighted by Gasteiger charge is 2.51. The Morgan fingerprint density at radius 2 is 1.86 bits per heavy atom. The average Bonchev–Trinajstić information content (AvgIpc) is 3.05.